The normalized spacial score (nSPS) is 15.5. The summed E-state index contributed by atoms with van der Waals surface area (Å²) in [4.78, 5) is 13.6. The van der Waals surface area contributed by atoms with Crippen LogP contribution in [0.2, 0.25) is 0 Å². The highest BCUT2D eigenvalue weighted by atomic mass is 32.1. The number of benzene rings is 1. The zero-order valence-electron chi connectivity index (χ0n) is 16.4. The molecule has 1 aliphatic heterocycles. The van der Waals surface area contributed by atoms with Crippen molar-refractivity contribution in [3.63, 3.8) is 0 Å². The van der Waals surface area contributed by atoms with Gasteiger partial charge in [0.15, 0.2) is 5.96 Å². The first-order chi connectivity index (χ1) is 13.1. The number of aliphatic imine (C=N–C) groups is 1. The van der Waals surface area contributed by atoms with Gasteiger partial charge in [0, 0.05) is 57.5 Å². The van der Waals surface area contributed by atoms with Gasteiger partial charge < -0.3 is 20.2 Å². The largest absolute Gasteiger partial charge is 0.506 e. The van der Waals surface area contributed by atoms with E-state index in [9.17, 15) is 5.11 Å². The molecular formula is C20H29N5OS. The summed E-state index contributed by atoms with van der Waals surface area (Å²) in [5, 5.41) is 16.9. The number of phenolic OH excluding ortho intramolecular Hbond substituents is 1. The van der Waals surface area contributed by atoms with Crippen LogP contribution >= 0.6 is 11.3 Å². The van der Waals surface area contributed by atoms with Crippen LogP contribution in [-0.4, -0.2) is 60.7 Å². The second-order valence-corrected chi connectivity index (χ2v) is 7.91. The Bertz CT molecular complexity index is 765. The Hall–Kier alpha value is -2.28. The molecule has 0 amide bonds. The van der Waals surface area contributed by atoms with E-state index in [1.165, 1.54) is 5.01 Å². The molecule has 1 saturated heterocycles. The van der Waals surface area contributed by atoms with Gasteiger partial charge in [-0.05, 0) is 12.1 Å². The molecule has 27 heavy (non-hydrogen) atoms. The molecule has 0 atom stereocenters. The Balaban J connectivity index is 1.48. The third-order valence-corrected chi connectivity index (χ3v) is 5.94. The van der Waals surface area contributed by atoms with E-state index in [4.69, 9.17) is 4.98 Å². The predicted octanol–water partition coefficient (Wildman–Crippen LogP) is 2.91. The molecule has 2 heterocycles. The lowest BCUT2D eigenvalue weighted by atomic mass is 10.2. The maximum absolute atomic E-state index is 10.0. The molecule has 1 aromatic carbocycles. The highest BCUT2D eigenvalue weighted by Crippen LogP contribution is 2.27. The molecule has 0 bridgehead atoms. The van der Waals surface area contributed by atoms with Gasteiger partial charge in [-0.3, -0.25) is 4.99 Å². The molecule has 0 spiro atoms. The van der Waals surface area contributed by atoms with Crippen molar-refractivity contribution in [3.05, 3.63) is 40.3 Å². The van der Waals surface area contributed by atoms with Crippen LogP contribution in [0.1, 0.15) is 30.5 Å². The number of anilines is 1. The van der Waals surface area contributed by atoms with E-state index < -0.39 is 0 Å². The number of phenols is 1. The third-order valence-electron chi connectivity index (χ3n) is 4.74. The molecule has 0 saturated carbocycles. The van der Waals surface area contributed by atoms with Crippen molar-refractivity contribution in [2.45, 2.75) is 26.2 Å². The van der Waals surface area contributed by atoms with Crippen molar-refractivity contribution >= 4 is 23.0 Å². The fourth-order valence-corrected chi connectivity index (χ4v) is 4.10. The molecule has 1 aromatic heterocycles. The number of aromatic hydroxyl groups is 1. The quantitative estimate of drug-likeness (QED) is 0.610. The number of para-hydroxylation sites is 2. The van der Waals surface area contributed by atoms with Gasteiger partial charge >= 0.3 is 0 Å². The van der Waals surface area contributed by atoms with Crippen LogP contribution in [0.4, 0.5) is 5.69 Å². The first-order valence-electron chi connectivity index (χ1n) is 9.51. The zero-order valence-corrected chi connectivity index (χ0v) is 17.2. The van der Waals surface area contributed by atoms with Crippen molar-refractivity contribution in [1.82, 2.24) is 15.2 Å². The molecule has 6 nitrogen and oxygen atoms in total. The van der Waals surface area contributed by atoms with E-state index in [1.807, 2.05) is 25.2 Å². The summed E-state index contributed by atoms with van der Waals surface area (Å²) >= 11 is 1.74. The average Bonchev–Trinajstić information content (AvgIpc) is 3.15. The zero-order chi connectivity index (χ0) is 19.2. The molecule has 2 aromatic rings. The first-order valence-corrected chi connectivity index (χ1v) is 10.4. The van der Waals surface area contributed by atoms with E-state index in [-0.39, 0.29) is 0 Å². The number of nitrogens with one attached hydrogen (secondary N) is 1. The summed E-state index contributed by atoms with van der Waals surface area (Å²) in [7, 11) is 1.83. The van der Waals surface area contributed by atoms with Gasteiger partial charge in [-0.15, -0.1) is 11.3 Å². The highest BCUT2D eigenvalue weighted by molar-refractivity contribution is 7.09. The lowest BCUT2D eigenvalue weighted by Crippen LogP contribution is -2.52. The summed E-state index contributed by atoms with van der Waals surface area (Å²) in [6.45, 7) is 8.66. The van der Waals surface area contributed by atoms with E-state index in [1.54, 1.807) is 17.4 Å². The van der Waals surface area contributed by atoms with Gasteiger partial charge in [-0.2, -0.15) is 0 Å². The predicted molar refractivity (Wildman–Crippen MR) is 113 cm³/mol. The maximum Gasteiger partial charge on any atom is 0.193 e. The van der Waals surface area contributed by atoms with Crippen molar-refractivity contribution in [3.8, 4) is 5.75 Å². The number of rotatable bonds is 5. The number of aromatic nitrogens is 1. The van der Waals surface area contributed by atoms with Crippen molar-refractivity contribution < 1.29 is 5.11 Å². The van der Waals surface area contributed by atoms with Crippen LogP contribution in [0.25, 0.3) is 0 Å². The topological polar surface area (TPSA) is 64.0 Å². The third kappa shape index (κ3) is 4.91. The van der Waals surface area contributed by atoms with Gasteiger partial charge in [0.05, 0.1) is 16.4 Å². The van der Waals surface area contributed by atoms with Crippen molar-refractivity contribution in [2.24, 2.45) is 4.99 Å². The monoisotopic (exact) mass is 387 g/mol. The summed E-state index contributed by atoms with van der Waals surface area (Å²) < 4.78 is 0. The maximum atomic E-state index is 10.0. The summed E-state index contributed by atoms with van der Waals surface area (Å²) in [6.07, 6.45) is 0.903. The molecule has 7 heteroatoms. The Kier molecular flexibility index (Phi) is 6.55. The van der Waals surface area contributed by atoms with Crippen LogP contribution in [0, 0.1) is 0 Å². The SMILES string of the molecule is CN=C(NCCc1csc(C(C)C)n1)N1CCN(c2ccccc2O)CC1. The molecule has 0 aliphatic carbocycles. The Morgan fingerprint density at radius 1 is 1.26 bits per heavy atom. The minimum absolute atomic E-state index is 0.345. The van der Waals surface area contributed by atoms with E-state index in [2.05, 4.69) is 39.3 Å². The molecule has 3 rings (SSSR count). The fraction of sp³-hybridized carbons (Fsp3) is 0.500. The molecule has 1 fully saturated rings. The van der Waals surface area contributed by atoms with Crippen molar-refractivity contribution in [1.29, 1.82) is 0 Å². The van der Waals surface area contributed by atoms with E-state index in [0.717, 1.165) is 56.5 Å². The Labute approximate surface area is 165 Å². The van der Waals surface area contributed by atoms with E-state index in [0.29, 0.717) is 11.7 Å². The number of piperazine rings is 1. The van der Waals surface area contributed by atoms with Gasteiger partial charge in [0.2, 0.25) is 0 Å². The molecule has 146 valence electrons. The molecule has 0 unspecified atom stereocenters. The lowest BCUT2D eigenvalue weighted by Gasteiger charge is -2.37. The standard InChI is InChI=1S/C20H29N5OS/c1-15(2)19-23-16(14-27-19)8-9-22-20(21-3)25-12-10-24(11-13-25)17-6-4-5-7-18(17)26/h4-7,14-15,26H,8-13H2,1-3H3,(H,21,22). The number of hydrogen-bond acceptors (Lipinski definition) is 5. The van der Waals surface area contributed by atoms with Crippen LogP contribution in [0.3, 0.4) is 0 Å². The smallest absolute Gasteiger partial charge is 0.193 e. The molecule has 0 radical (unpaired) electrons. The minimum Gasteiger partial charge on any atom is -0.506 e. The molecular weight excluding hydrogens is 358 g/mol. The summed E-state index contributed by atoms with van der Waals surface area (Å²) in [5.74, 6) is 1.77. The lowest BCUT2D eigenvalue weighted by molar-refractivity contribution is 0.370. The average molecular weight is 388 g/mol. The van der Waals surface area contributed by atoms with Crippen LogP contribution in [0.5, 0.6) is 5.75 Å². The summed E-state index contributed by atoms with van der Waals surface area (Å²) in [6, 6.07) is 7.53. The fourth-order valence-electron chi connectivity index (χ4n) is 3.23. The van der Waals surface area contributed by atoms with E-state index >= 15 is 0 Å². The molecule has 2 N–H and O–H groups in total. The van der Waals surface area contributed by atoms with Gasteiger partial charge in [0.1, 0.15) is 5.75 Å². The number of guanidine groups is 1. The summed E-state index contributed by atoms with van der Waals surface area (Å²) in [5.41, 5.74) is 2.06. The van der Waals surface area contributed by atoms with Crippen LogP contribution < -0.4 is 10.2 Å². The first kappa shape index (κ1) is 19.5. The van der Waals surface area contributed by atoms with Gasteiger partial charge in [-0.25, -0.2) is 4.98 Å². The van der Waals surface area contributed by atoms with Crippen LogP contribution in [0.15, 0.2) is 34.6 Å². The van der Waals surface area contributed by atoms with Gasteiger partial charge in [-0.1, -0.05) is 26.0 Å². The molecule has 1 aliphatic rings. The Morgan fingerprint density at radius 2 is 2.00 bits per heavy atom. The number of nitrogens with zero attached hydrogens (tertiary/aromatic N) is 4. The number of hydrogen-bond donors (Lipinski definition) is 2. The second-order valence-electron chi connectivity index (χ2n) is 7.02. The van der Waals surface area contributed by atoms with Crippen LogP contribution in [-0.2, 0) is 6.42 Å². The Morgan fingerprint density at radius 3 is 2.63 bits per heavy atom. The minimum atomic E-state index is 0.345. The number of thiazole rings is 1. The highest BCUT2D eigenvalue weighted by Gasteiger charge is 2.21. The van der Waals surface area contributed by atoms with Crippen molar-refractivity contribution in [2.75, 3.05) is 44.7 Å². The second kappa shape index (κ2) is 9.08. The van der Waals surface area contributed by atoms with Gasteiger partial charge in [0.25, 0.3) is 0 Å².